The SMILES string of the molecule is O=C(c1cccc(C(F)(F)F)c1)N1C2CCC1CC(=C1CC1)C2. The van der Waals surface area contributed by atoms with Crippen molar-refractivity contribution in [2.24, 2.45) is 0 Å². The van der Waals surface area contributed by atoms with E-state index in [0.717, 1.165) is 37.8 Å². The van der Waals surface area contributed by atoms with Crippen LogP contribution in [0.1, 0.15) is 54.4 Å². The largest absolute Gasteiger partial charge is 0.416 e. The molecule has 1 amide bonds. The van der Waals surface area contributed by atoms with Crippen molar-refractivity contribution in [1.82, 2.24) is 4.90 Å². The molecular formula is C18H18F3NO. The van der Waals surface area contributed by atoms with E-state index in [1.807, 2.05) is 4.90 Å². The molecule has 2 atom stereocenters. The minimum absolute atomic E-state index is 0.152. The van der Waals surface area contributed by atoms with Crippen molar-refractivity contribution in [2.75, 3.05) is 0 Å². The summed E-state index contributed by atoms with van der Waals surface area (Å²) in [7, 11) is 0. The number of halogens is 3. The van der Waals surface area contributed by atoms with Gasteiger partial charge in [-0.25, -0.2) is 0 Å². The van der Waals surface area contributed by atoms with Crippen LogP contribution in [-0.2, 0) is 6.18 Å². The number of rotatable bonds is 1. The number of carbonyl (C=O) groups excluding carboxylic acids is 1. The summed E-state index contributed by atoms with van der Waals surface area (Å²) in [6.45, 7) is 0. The number of hydrogen-bond acceptors (Lipinski definition) is 1. The maximum absolute atomic E-state index is 12.9. The summed E-state index contributed by atoms with van der Waals surface area (Å²) in [6.07, 6.45) is 1.72. The average molecular weight is 321 g/mol. The number of hydrogen-bond donors (Lipinski definition) is 0. The van der Waals surface area contributed by atoms with E-state index in [-0.39, 0.29) is 23.6 Å². The highest BCUT2D eigenvalue weighted by atomic mass is 19.4. The second kappa shape index (κ2) is 5.11. The number of benzene rings is 1. The van der Waals surface area contributed by atoms with Gasteiger partial charge in [0.05, 0.1) is 5.56 Å². The number of alkyl halides is 3. The lowest BCUT2D eigenvalue weighted by Crippen LogP contribution is -2.44. The zero-order valence-corrected chi connectivity index (χ0v) is 12.7. The first-order chi connectivity index (χ1) is 10.9. The van der Waals surface area contributed by atoms with Gasteiger partial charge in [0.25, 0.3) is 5.91 Å². The van der Waals surface area contributed by atoms with Crippen LogP contribution in [0, 0.1) is 0 Å². The van der Waals surface area contributed by atoms with Crippen molar-refractivity contribution in [3.63, 3.8) is 0 Å². The summed E-state index contributed by atoms with van der Waals surface area (Å²) in [5, 5.41) is 0. The molecule has 1 aliphatic carbocycles. The molecule has 0 N–H and O–H groups in total. The molecule has 3 aliphatic rings. The van der Waals surface area contributed by atoms with E-state index in [1.165, 1.54) is 30.5 Å². The molecule has 0 aromatic heterocycles. The van der Waals surface area contributed by atoms with Crippen LogP contribution in [0.15, 0.2) is 35.4 Å². The third kappa shape index (κ3) is 2.66. The van der Waals surface area contributed by atoms with E-state index in [0.29, 0.717) is 0 Å². The van der Waals surface area contributed by atoms with Crippen molar-refractivity contribution in [2.45, 2.75) is 56.8 Å². The molecule has 1 aromatic carbocycles. The Hall–Kier alpha value is -1.78. The van der Waals surface area contributed by atoms with E-state index >= 15 is 0 Å². The molecule has 2 unspecified atom stereocenters. The van der Waals surface area contributed by atoms with Gasteiger partial charge in [-0.2, -0.15) is 13.2 Å². The van der Waals surface area contributed by atoms with Gasteiger partial charge < -0.3 is 4.90 Å². The predicted molar refractivity (Wildman–Crippen MR) is 79.9 cm³/mol. The topological polar surface area (TPSA) is 20.3 Å². The molecule has 2 heterocycles. The Morgan fingerprint density at radius 1 is 1.04 bits per heavy atom. The summed E-state index contributed by atoms with van der Waals surface area (Å²) in [6, 6.07) is 5.14. The summed E-state index contributed by atoms with van der Waals surface area (Å²) in [5.74, 6) is -0.247. The van der Waals surface area contributed by atoms with Gasteiger partial charge >= 0.3 is 6.18 Å². The van der Waals surface area contributed by atoms with E-state index < -0.39 is 11.7 Å². The molecule has 1 aromatic rings. The summed E-state index contributed by atoms with van der Waals surface area (Å²) in [4.78, 5) is 14.6. The van der Waals surface area contributed by atoms with Crippen molar-refractivity contribution in [3.05, 3.63) is 46.5 Å². The first kappa shape index (κ1) is 14.8. The van der Waals surface area contributed by atoms with E-state index in [4.69, 9.17) is 0 Å². The lowest BCUT2D eigenvalue weighted by atomic mass is 9.94. The highest BCUT2D eigenvalue weighted by Gasteiger charge is 2.43. The third-order valence-electron chi connectivity index (χ3n) is 5.26. The molecule has 122 valence electrons. The van der Waals surface area contributed by atoms with Gasteiger partial charge in [-0.15, -0.1) is 0 Å². The predicted octanol–water partition coefficient (Wildman–Crippen LogP) is 4.56. The van der Waals surface area contributed by atoms with E-state index in [9.17, 15) is 18.0 Å². The second-order valence-corrected chi connectivity index (χ2v) is 6.79. The van der Waals surface area contributed by atoms with Gasteiger partial charge in [0.15, 0.2) is 0 Å². The van der Waals surface area contributed by atoms with Crippen molar-refractivity contribution >= 4 is 5.91 Å². The van der Waals surface area contributed by atoms with Crippen LogP contribution in [0.5, 0.6) is 0 Å². The zero-order chi connectivity index (χ0) is 16.2. The van der Waals surface area contributed by atoms with Gasteiger partial charge in [-0.05, 0) is 56.7 Å². The highest BCUT2D eigenvalue weighted by molar-refractivity contribution is 5.95. The molecule has 4 rings (SSSR count). The molecule has 2 nitrogen and oxygen atoms in total. The smallest absolute Gasteiger partial charge is 0.332 e. The Morgan fingerprint density at radius 3 is 2.26 bits per heavy atom. The lowest BCUT2D eigenvalue weighted by Gasteiger charge is -2.36. The molecule has 0 radical (unpaired) electrons. The fourth-order valence-electron chi connectivity index (χ4n) is 4.03. The average Bonchev–Trinajstić information content (AvgIpc) is 3.32. The standard InChI is InChI=1S/C18H18F3NO/c19-18(20,21)14-3-1-2-12(8-14)17(23)22-15-6-7-16(22)10-13(9-15)11-4-5-11/h1-3,8,15-16H,4-7,9-10H2. The first-order valence-electron chi connectivity index (χ1n) is 8.13. The number of piperidine rings is 1. The van der Waals surface area contributed by atoms with E-state index in [1.54, 1.807) is 5.57 Å². The normalized spacial score (nSPS) is 26.7. The van der Waals surface area contributed by atoms with E-state index in [2.05, 4.69) is 0 Å². The number of allylic oxidation sites excluding steroid dienone is 1. The van der Waals surface area contributed by atoms with Crippen molar-refractivity contribution in [3.8, 4) is 0 Å². The van der Waals surface area contributed by atoms with Crippen molar-refractivity contribution in [1.29, 1.82) is 0 Å². The lowest BCUT2D eigenvalue weighted by molar-refractivity contribution is -0.137. The maximum atomic E-state index is 12.9. The van der Waals surface area contributed by atoms with Crippen LogP contribution in [0.3, 0.4) is 0 Å². The Balaban J connectivity index is 1.59. The number of amides is 1. The van der Waals surface area contributed by atoms with Crippen LogP contribution < -0.4 is 0 Å². The minimum atomic E-state index is -4.42. The van der Waals surface area contributed by atoms with Gasteiger partial charge in [0.1, 0.15) is 0 Å². The second-order valence-electron chi connectivity index (χ2n) is 6.79. The molecule has 2 saturated heterocycles. The summed E-state index contributed by atoms with van der Waals surface area (Å²) in [5.41, 5.74) is 2.45. The molecule has 0 spiro atoms. The quantitative estimate of drug-likeness (QED) is 0.694. The Morgan fingerprint density at radius 2 is 1.70 bits per heavy atom. The summed E-state index contributed by atoms with van der Waals surface area (Å²) < 4.78 is 38.6. The first-order valence-corrected chi connectivity index (χ1v) is 8.13. The van der Waals surface area contributed by atoms with Crippen molar-refractivity contribution < 1.29 is 18.0 Å². The monoisotopic (exact) mass is 321 g/mol. The molecule has 2 aliphatic heterocycles. The number of fused-ring (bicyclic) bond motifs is 2. The number of nitrogens with zero attached hydrogens (tertiary/aromatic N) is 1. The molecule has 3 fully saturated rings. The molecule has 2 bridgehead atoms. The summed E-state index contributed by atoms with van der Waals surface area (Å²) >= 11 is 0. The fraction of sp³-hybridized carbons (Fsp3) is 0.500. The molecular weight excluding hydrogens is 303 g/mol. The van der Waals surface area contributed by atoms with Gasteiger partial charge in [-0.1, -0.05) is 17.2 Å². The Kier molecular flexibility index (Phi) is 3.29. The van der Waals surface area contributed by atoms with Crippen LogP contribution in [0.4, 0.5) is 13.2 Å². The zero-order valence-electron chi connectivity index (χ0n) is 12.7. The third-order valence-corrected chi connectivity index (χ3v) is 5.26. The number of carbonyl (C=O) groups is 1. The van der Waals surface area contributed by atoms with Crippen LogP contribution in [-0.4, -0.2) is 22.9 Å². The fourth-order valence-corrected chi connectivity index (χ4v) is 4.03. The van der Waals surface area contributed by atoms with Crippen LogP contribution in [0.2, 0.25) is 0 Å². The Bertz CT molecular complexity index is 670. The van der Waals surface area contributed by atoms with Crippen LogP contribution in [0.25, 0.3) is 0 Å². The maximum Gasteiger partial charge on any atom is 0.416 e. The van der Waals surface area contributed by atoms with Gasteiger partial charge in [-0.3, -0.25) is 4.79 Å². The van der Waals surface area contributed by atoms with Gasteiger partial charge in [0, 0.05) is 17.6 Å². The van der Waals surface area contributed by atoms with Gasteiger partial charge in [0.2, 0.25) is 0 Å². The van der Waals surface area contributed by atoms with Crippen LogP contribution >= 0.6 is 0 Å². The molecule has 5 heteroatoms. The molecule has 23 heavy (non-hydrogen) atoms. The molecule has 1 saturated carbocycles. The minimum Gasteiger partial charge on any atom is -0.332 e. The Labute approximate surface area is 133 Å². The highest BCUT2D eigenvalue weighted by Crippen LogP contribution is 2.45.